The zero-order valence-corrected chi connectivity index (χ0v) is 17.4. The van der Waals surface area contributed by atoms with Crippen LogP contribution in [0.4, 0.5) is 10.1 Å². The van der Waals surface area contributed by atoms with Gasteiger partial charge in [0.25, 0.3) is 0 Å². The largest absolute Gasteiger partial charge is 0.324 e. The summed E-state index contributed by atoms with van der Waals surface area (Å²) in [6.07, 6.45) is 0.350. The summed E-state index contributed by atoms with van der Waals surface area (Å²) in [4.78, 5) is 14.0. The minimum absolute atomic E-state index is 0.309. The SMILES string of the molecule is Cc1cc(NC(=O)[C@@](N)(CSc2ccc(F)cc2)Cc2ccccc2)ccc1C#N. The summed E-state index contributed by atoms with van der Waals surface area (Å²) in [5.41, 5.74) is 8.32. The highest BCUT2D eigenvalue weighted by Gasteiger charge is 2.34. The predicted octanol–water partition coefficient (Wildman–Crippen LogP) is 4.68. The summed E-state index contributed by atoms with van der Waals surface area (Å²) in [5.74, 6) is -0.309. The number of nitrogens with zero attached hydrogens (tertiary/aromatic N) is 1. The molecule has 0 unspecified atom stereocenters. The summed E-state index contributed by atoms with van der Waals surface area (Å²) < 4.78 is 13.2. The smallest absolute Gasteiger partial charge is 0.245 e. The number of rotatable bonds is 7. The number of aryl methyl sites for hydroxylation is 1. The molecule has 1 atom stereocenters. The molecule has 0 spiro atoms. The van der Waals surface area contributed by atoms with Crippen LogP contribution in [0.1, 0.15) is 16.7 Å². The number of carbonyl (C=O) groups is 1. The number of amides is 1. The van der Waals surface area contributed by atoms with Gasteiger partial charge in [-0.2, -0.15) is 5.26 Å². The highest BCUT2D eigenvalue weighted by molar-refractivity contribution is 7.99. The van der Waals surface area contributed by atoms with E-state index in [0.29, 0.717) is 23.4 Å². The molecule has 0 aliphatic rings. The lowest BCUT2D eigenvalue weighted by Gasteiger charge is -2.28. The van der Waals surface area contributed by atoms with Crippen molar-refractivity contribution in [3.63, 3.8) is 0 Å². The van der Waals surface area contributed by atoms with E-state index in [1.165, 1.54) is 23.9 Å². The maximum Gasteiger partial charge on any atom is 0.245 e. The molecule has 152 valence electrons. The van der Waals surface area contributed by atoms with Crippen molar-refractivity contribution in [2.75, 3.05) is 11.1 Å². The lowest BCUT2D eigenvalue weighted by molar-refractivity contribution is -0.120. The van der Waals surface area contributed by atoms with Crippen LogP contribution in [0.15, 0.2) is 77.7 Å². The van der Waals surface area contributed by atoms with E-state index in [9.17, 15) is 9.18 Å². The minimum atomic E-state index is -1.19. The Morgan fingerprint density at radius 2 is 1.83 bits per heavy atom. The quantitative estimate of drug-likeness (QED) is 0.545. The van der Waals surface area contributed by atoms with Crippen LogP contribution in [0.25, 0.3) is 0 Å². The number of halogens is 1. The maximum absolute atomic E-state index is 13.2. The molecule has 0 radical (unpaired) electrons. The van der Waals surface area contributed by atoms with Gasteiger partial charge in [-0.15, -0.1) is 11.8 Å². The van der Waals surface area contributed by atoms with Gasteiger partial charge in [-0.3, -0.25) is 4.79 Å². The van der Waals surface area contributed by atoms with Gasteiger partial charge in [-0.1, -0.05) is 30.3 Å². The number of carbonyl (C=O) groups excluding carboxylic acids is 1. The number of hydrogen-bond acceptors (Lipinski definition) is 4. The number of hydrogen-bond donors (Lipinski definition) is 2. The number of nitriles is 1. The molecule has 6 heteroatoms. The van der Waals surface area contributed by atoms with Gasteiger partial charge in [-0.25, -0.2) is 4.39 Å². The third-order valence-corrected chi connectivity index (χ3v) is 5.99. The topological polar surface area (TPSA) is 78.9 Å². The molecule has 3 N–H and O–H groups in total. The second-order valence-electron chi connectivity index (χ2n) is 7.16. The van der Waals surface area contributed by atoms with Crippen molar-refractivity contribution in [2.24, 2.45) is 5.73 Å². The van der Waals surface area contributed by atoms with Gasteiger partial charge in [0.05, 0.1) is 11.6 Å². The fourth-order valence-corrected chi connectivity index (χ4v) is 4.01. The minimum Gasteiger partial charge on any atom is -0.324 e. The molecule has 3 aromatic rings. The monoisotopic (exact) mass is 419 g/mol. The average Bonchev–Trinajstić information content (AvgIpc) is 2.74. The standard InChI is InChI=1S/C24H22FN3OS/c1-17-13-21(10-7-19(17)15-26)28-23(29)24(27,14-18-5-3-2-4-6-18)16-30-22-11-8-20(25)9-12-22/h2-13H,14,16,27H2,1H3,(H,28,29)/t24-/m0/s1. The Labute approximate surface area is 179 Å². The number of nitrogens with two attached hydrogens (primary N) is 1. The van der Waals surface area contributed by atoms with Gasteiger partial charge in [0, 0.05) is 22.8 Å². The zero-order chi connectivity index (χ0) is 21.6. The van der Waals surface area contributed by atoms with E-state index in [0.717, 1.165) is 16.0 Å². The number of nitrogens with one attached hydrogen (secondary N) is 1. The molecular formula is C24H22FN3OS. The van der Waals surface area contributed by atoms with Gasteiger partial charge in [-0.05, 0) is 60.5 Å². The van der Waals surface area contributed by atoms with E-state index < -0.39 is 5.54 Å². The van der Waals surface area contributed by atoms with Crippen LogP contribution < -0.4 is 11.1 Å². The first-order chi connectivity index (χ1) is 14.4. The first-order valence-corrected chi connectivity index (χ1v) is 10.4. The Morgan fingerprint density at radius 3 is 2.47 bits per heavy atom. The second kappa shape index (κ2) is 9.57. The van der Waals surface area contributed by atoms with E-state index >= 15 is 0 Å². The lowest BCUT2D eigenvalue weighted by Crippen LogP contribution is -2.55. The summed E-state index contributed by atoms with van der Waals surface area (Å²) in [6.45, 7) is 1.82. The average molecular weight is 420 g/mol. The molecule has 3 aromatic carbocycles. The Morgan fingerprint density at radius 1 is 1.13 bits per heavy atom. The zero-order valence-electron chi connectivity index (χ0n) is 16.6. The van der Waals surface area contributed by atoms with Crippen LogP contribution in [0.2, 0.25) is 0 Å². The molecular weight excluding hydrogens is 397 g/mol. The normalized spacial score (nSPS) is 12.6. The van der Waals surface area contributed by atoms with Crippen molar-refractivity contribution >= 4 is 23.4 Å². The van der Waals surface area contributed by atoms with Crippen molar-refractivity contribution in [3.8, 4) is 6.07 Å². The van der Waals surface area contributed by atoms with Crippen molar-refractivity contribution < 1.29 is 9.18 Å². The summed E-state index contributed by atoms with van der Waals surface area (Å²) in [6, 6.07) is 22.9. The fourth-order valence-electron chi connectivity index (χ4n) is 3.02. The van der Waals surface area contributed by atoms with E-state index in [1.807, 2.05) is 37.3 Å². The molecule has 1 amide bonds. The molecule has 0 heterocycles. The van der Waals surface area contributed by atoms with E-state index in [-0.39, 0.29) is 11.7 Å². The van der Waals surface area contributed by atoms with Crippen molar-refractivity contribution in [1.82, 2.24) is 0 Å². The number of anilines is 1. The Bertz CT molecular complexity index is 1060. The Kier molecular flexibility index (Phi) is 6.88. The highest BCUT2D eigenvalue weighted by atomic mass is 32.2. The molecule has 0 aromatic heterocycles. The van der Waals surface area contributed by atoms with Crippen molar-refractivity contribution in [2.45, 2.75) is 23.8 Å². The molecule has 0 saturated heterocycles. The fraction of sp³-hybridized carbons (Fsp3) is 0.167. The molecule has 4 nitrogen and oxygen atoms in total. The van der Waals surface area contributed by atoms with E-state index in [4.69, 9.17) is 11.0 Å². The van der Waals surface area contributed by atoms with Crippen molar-refractivity contribution in [3.05, 3.63) is 95.3 Å². The van der Waals surface area contributed by atoms with Crippen LogP contribution >= 0.6 is 11.8 Å². The van der Waals surface area contributed by atoms with Crippen LogP contribution in [0.3, 0.4) is 0 Å². The van der Waals surface area contributed by atoms with Crippen molar-refractivity contribution in [1.29, 1.82) is 5.26 Å². The van der Waals surface area contributed by atoms with Gasteiger partial charge in [0.15, 0.2) is 0 Å². The molecule has 0 fully saturated rings. The lowest BCUT2D eigenvalue weighted by atomic mass is 9.92. The van der Waals surface area contributed by atoms with Crippen LogP contribution in [0.5, 0.6) is 0 Å². The molecule has 3 rings (SSSR count). The van der Waals surface area contributed by atoms with E-state index in [1.54, 1.807) is 30.3 Å². The predicted molar refractivity (Wildman–Crippen MR) is 119 cm³/mol. The van der Waals surface area contributed by atoms with Gasteiger partial charge in [0.1, 0.15) is 11.4 Å². The molecule has 0 bridgehead atoms. The highest BCUT2D eigenvalue weighted by Crippen LogP contribution is 2.26. The Hall–Kier alpha value is -3.14. The van der Waals surface area contributed by atoms with Gasteiger partial charge < -0.3 is 11.1 Å². The molecule has 0 aliphatic carbocycles. The van der Waals surface area contributed by atoms with Crippen LogP contribution in [-0.4, -0.2) is 17.2 Å². The van der Waals surface area contributed by atoms with Crippen LogP contribution in [-0.2, 0) is 11.2 Å². The first kappa shape index (κ1) is 21.6. The summed E-state index contributed by atoms with van der Waals surface area (Å²) >= 11 is 1.41. The summed E-state index contributed by atoms with van der Waals surface area (Å²) in [5, 5.41) is 12.0. The van der Waals surface area contributed by atoms with Gasteiger partial charge >= 0.3 is 0 Å². The second-order valence-corrected chi connectivity index (χ2v) is 8.21. The molecule has 30 heavy (non-hydrogen) atoms. The van der Waals surface area contributed by atoms with Crippen LogP contribution in [0, 0.1) is 24.1 Å². The van der Waals surface area contributed by atoms with Gasteiger partial charge in [0.2, 0.25) is 5.91 Å². The maximum atomic E-state index is 13.2. The van der Waals surface area contributed by atoms with E-state index in [2.05, 4.69) is 11.4 Å². The number of benzene rings is 3. The first-order valence-electron chi connectivity index (χ1n) is 9.43. The Balaban J connectivity index is 1.81. The molecule has 0 saturated carbocycles. The molecule has 0 aliphatic heterocycles. The third-order valence-electron chi connectivity index (χ3n) is 4.73. The third kappa shape index (κ3) is 5.47. The number of thioether (sulfide) groups is 1. The summed E-state index contributed by atoms with van der Waals surface area (Å²) in [7, 11) is 0.